The van der Waals surface area contributed by atoms with Gasteiger partial charge >= 0.3 is 5.97 Å². The first kappa shape index (κ1) is 24.1. The Kier molecular flexibility index (Phi) is 7.65. The zero-order valence-electron chi connectivity index (χ0n) is 18.9. The number of carbonyl (C=O) groups excluding carboxylic acids is 2. The highest BCUT2D eigenvalue weighted by Crippen LogP contribution is 2.43. The van der Waals surface area contributed by atoms with Crippen molar-refractivity contribution in [1.82, 2.24) is 14.8 Å². The number of ether oxygens (including phenoxy) is 1. The third-order valence-corrected chi connectivity index (χ3v) is 8.53. The molecule has 1 aromatic rings. The van der Waals surface area contributed by atoms with Crippen LogP contribution in [0.1, 0.15) is 65.3 Å². The number of aliphatic hydroxyl groups is 1. The molecule has 1 atom stereocenters. The van der Waals surface area contributed by atoms with Gasteiger partial charge in [0, 0.05) is 44.0 Å². The second-order valence-electron chi connectivity index (χ2n) is 9.54. The second kappa shape index (κ2) is 10.5. The number of cyclic esters (lactones) is 1. The van der Waals surface area contributed by atoms with Crippen molar-refractivity contribution in [3.05, 3.63) is 15.6 Å². The van der Waals surface area contributed by atoms with Crippen LogP contribution in [0.5, 0.6) is 0 Å². The molecule has 3 fully saturated rings. The molecule has 1 amide bonds. The van der Waals surface area contributed by atoms with Crippen molar-refractivity contribution in [2.75, 3.05) is 32.7 Å². The van der Waals surface area contributed by atoms with E-state index in [2.05, 4.69) is 9.88 Å². The van der Waals surface area contributed by atoms with Crippen molar-refractivity contribution >= 4 is 29.7 Å². The summed E-state index contributed by atoms with van der Waals surface area (Å²) >= 11 is 1.56. The van der Waals surface area contributed by atoms with Crippen molar-refractivity contribution in [3.8, 4) is 0 Å². The zero-order chi connectivity index (χ0) is 23.4. The molecule has 0 aromatic carbocycles. The molecule has 0 bridgehead atoms. The lowest BCUT2D eigenvalue weighted by atomic mass is 9.76. The summed E-state index contributed by atoms with van der Waals surface area (Å²) in [6, 6.07) is 0. The molecule has 182 valence electrons. The van der Waals surface area contributed by atoms with E-state index in [-0.39, 0.29) is 30.6 Å². The van der Waals surface area contributed by atoms with Crippen LogP contribution in [0.15, 0.2) is 0 Å². The Balaban J connectivity index is 0.000000821. The lowest BCUT2D eigenvalue weighted by molar-refractivity contribution is -0.151. The lowest BCUT2D eigenvalue weighted by Crippen LogP contribution is -2.45. The highest BCUT2D eigenvalue weighted by molar-refractivity contribution is 7.13. The highest BCUT2D eigenvalue weighted by Gasteiger charge is 2.51. The smallest absolute Gasteiger partial charge is 0.312 e. The van der Waals surface area contributed by atoms with Gasteiger partial charge in [0.25, 0.3) is 12.4 Å². The Hall–Kier alpha value is -2.04. The fourth-order valence-electron chi connectivity index (χ4n) is 5.45. The number of aromatic nitrogens is 1. The monoisotopic (exact) mass is 479 g/mol. The van der Waals surface area contributed by atoms with E-state index < -0.39 is 5.41 Å². The van der Waals surface area contributed by atoms with Crippen molar-refractivity contribution in [3.63, 3.8) is 0 Å². The van der Waals surface area contributed by atoms with E-state index in [0.717, 1.165) is 63.9 Å². The number of aryl methyl sites for hydroxylation is 2. The van der Waals surface area contributed by atoms with Crippen molar-refractivity contribution in [1.29, 1.82) is 0 Å². The Labute approximate surface area is 197 Å². The van der Waals surface area contributed by atoms with Crippen LogP contribution in [0.2, 0.25) is 0 Å². The normalized spacial score (nSPS) is 25.2. The molecule has 2 N–H and O–H groups in total. The minimum absolute atomic E-state index is 0.0269. The third-order valence-electron chi connectivity index (χ3n) is 7.38. The molecule has 1 aromatic heterocycles. The van der Waals surface area contributed by atoms with Gasteiger partial charge in [-0.05, 0) is 51.4 Å². The number of hydrogen-bond acceptors (Lipinski definition) is 8. The Bertz CT molecular complexity index is 835. The van der Waals surface area contributed by atoms with Gasteiger partial charge < -0.3 is 19.8 Å². The van der Waals surface area contributed by atoms with Gasteiger partial charge in [0.15, 0.2) is 5.01 Å². The first-order chi connectivity index (χ1) is 15.9. The van der Waals surface area contributed by atoms with Crippen LogP contribution in [-0.2, 0) is 27.2 Å². The first-order valence-electron chi connectivity index (χ1n) is 11.9. The van der Waals surface area contributed by atoms with Gasteiger partial charge in [-0.15, -0.1) is 11.3 Å². The number of amides is 1. The standard InChI is InChI=1S/C22H31N3O4S.CH2O2/c26-15-5-9-24(10-6-15)14-16-13-22(21(28)29-16)7-11-25(12-8-22)20(27)19-23-17-3-1-2-4-18(17)30-19;2-1-3/h15-16,26H,1-14H2;1H,(H,2,3). The van der Waals surface area contributed by atoms with Gasteiger partial charge in [0.1, 0.15) is 6.10 Å². The van der Waals surface area contributed by atoms with Gasteiger partial charge in [-0.25, -0.2) is 4.98 Å². The number of thiazole rings is 1. The summed E-state index contributed by atoms with van der Waals surface area (Å²) < 4.78 is 5.76. The molecule has 10 heteroatoms. The number of piperidine rings is 2. The fraction of sp³-hybridized carbons (Fsp3) is 0.739. The summed E-state index contributed by atoms with van der Waals surface area (Å²) in [7, 11) is 0. The quantitative estimate of drug-likeness (QED) is 0.497. The molecule has 1 aliphatic carbocycles. The molecule has 1 unspecified atom stereocenters. The number of carboxylic acid groups (broad SMARTS) is 1. The van der Waals surface area contributed by atoms with Crippen molar-refractivity contribution in [2.24, 2.45) is 5.41 Å². The number of hydrogen-bond donors (Lipinski definition) is 2. The Morgan fingerprint density at radius 3 is 2.52 bits per heavy atom. The largest absolute Gasteiger partial charge is 0.483 e. The Morgan fingerprint density at radius 2 is 1.85 bits per heavy atom. The zero-order valence-corrected chi connectivity index (χ0v) is 19.7. The van der Waals surface area contributed by atoms with E-state index >= 15 is 0 Å². The van der Waals surface area contributed by atoms with E-state index in [0.29, 0.717) is 30.9 Å². The molecule has 4 aliphatic rings. The number of fused-ring (bicyclic) bond motifs is 1. The molecule has 0 radical (unpaired) electrons. The topological polar surface area (TPSA) is 120 Å². The minimum atomic E-state index is -0.432. The average Bonchev–Trinajstić information content (AvgIpc) is 3.37. The number of likely N-dealkylation sites (tertiary alicyclic amines) is 2. The summed E-state index contributed by atoms with van der Waals surface area (Å²) in [5.74, 6) is -0.0552. The van der Waals surface area contributed by atoms with Crippen LogP contribution >= 0.6 is 11.3 Å². The molecule has 9 nitrogen and oxygen atoms in total. The predicted octanol–water partition coefficient (Wildman–Crippen LogP) is 1.72. The van der Waals surface area contributed by atoms with E-state index in [1.807, 2.05) is 4.90 Å². The number of aliphatic hydroxyl groups excluding tert-OH is 1. The molecular weight excluding hydrogens is 446 g/mol. The van der Waals surface area contributed by atoms with Crippen LogP contribution in [0.3, 0.4) is 0 Å². The third kappa shape index (κ3) is 5.38. The number of esters is 1. The molecule has 3 aliphatic heterocycles. The van der Waals surface area contributed by atoms with Crippen molar-refractivity contribution in [2.45, 2.75) is 70.0 Å². The summed E-state index contributed by atoms with van der Waals surface area (Å²) in [6.45, 7) is 3.43. The fourth-order valence-corrected chi connectivity index (χ4v) is 6.57. The van der Waals surface area contributed by atoms with Gasteiger partial charge in [-0.2, -0.15) is 0 Å². The molecule has 33 heavy (non-hydrogen) atoms. The maximum Gasteiger partial charge on any atom is 0.312 e. The van der Waals surface area contributed by atoms with E-state index in [1.54, 1.807) is 11.3 Å². The maximum absolute atomic E-state index is 13.0. The van der Waals surface area contributed by atoms with E-state index in [1.165, 1.54) is 11.3 Å². The van der Waals surface area contributed by atoms with Crippen LogP contribution in [0.25, 0.3) is 0 Å². The Morgan fingerprint density at radius 1 is 1.18 bits per heavy atom. The summed E-state index contributed by atoms with van der Waals surface area (Å²) in [4.78, 5) is 44.2. The summed E-state index contributed by atoms with van der Waals surface area (Å²) in [5.41, 5.74) is 0.689. The summed E-state index contributed by atoms with van der Waals surface area (Å²) in [6.07, 6.45) is 7.83. The predicted molar refractivity (Wildman–Crippen MR) is 121 cm³/mol. The molecule has 5 rings (SSSR count). The highest BCUT2D eigenvalue weighted by atomic mass is 32.1. The van der Waals surface area contributed by atoms with Gasteiger partial charge in [0.2, 0.25) is 0 Å². The van der Waals surface area contributed by atoms with E-state index in [4.69, 9.17) is 14.6 Å². The van der Waals surface area contributed by atoms with Gasteiger partial charge in [-0.1, -0.05) is 0 Å². The second-order valence-corrected chi connectivity index (χ2v) is 10.6. The first-order valence-corrected chi connectivity index (χ1v) is 12.7. The van der Waals surface area contributed by atoms with Crippen LogP contribution in [0, 0.1) is 5.41 Å². The van der Waals surface area contributed by atoms with Gasteiger partial charge in [0.05, 0.1) is 17.2 Å². The number of nitrogens with zero attached hydrogens (tertiary/aromatic N) is 3. The SMILES string of the molecule is O=C(c1nc2c(s1)CCCC2)N1CCC2(CC1)CC(CN1CCC(O)CC1)OC2=O.O=CO. The molecule has 3 saturated heterocycles. The number of rotatable bonds is 3. The molecule has 0 saturated carbocycles. The molecule has 1 spiro atoms. The maximum atomic E-state index is 13.0. The number of carbonyl (C=O) groups is 3. The van der Waals surface area contributed by atoms with Gasteiger partial charge in [-0.3, -0.25) is 19.3 Å². The molecule has 4 heterocycles. The van der Waals surface area contributed by atoms with Crippen LogP contribution in [-0.4, -0.2) is 88.3 Å². The lowest BCUT2D eigenvalue weighted by Gasteiger charge is -2.36. The summed E-state index contributed by atoms with van der Waals surface area (Å²) in [5, 5.41) is 17.2. The van der Waals surface area contributed by atoms with E-state index in [9.17, 15) is 14.7 Å². The minimum Gasteiger partial charge on any atom is -0.483 e. The van der Waals surface area contributed by atoms with Crippen molar-refractivity contribution < 1.29 is 29.3 Å². The van der Waals surface area contributed by atoms with Crippen LogP contribution in [0.4, 0.5) is 0 Å². The average molecular weight is 480 g/mol. The van der Waals surface area contributed by atoms with Crippen LogP contribution < -0.4 is 0 Å². The molecular formula is C23H33N3O6S.